The second-order valence-electron chi connectivity index (χ2n) is 12.8. The van der Waals surface area contributed by atoms with Crippen LogP contribution >= 0.6 is 0 Å². The van der Waals surface area contributed by atoms with Gasteiger partial charge in [-0.3, -0.25) is 24.3 Å². The molecule has 276 valence electrons. The maximum atomic E-state index is 15.3. The van der Waals surface area contributed by atoms with Gasteiger partial charge < -0.3 is 5.73 Å². The van der Waals surface area contributed by atoms with Gasteiger partial charge in [-0.05, 0) is 55.4 Å². The van der Waals surface area contributed by atoms with Crippen molar-refractivity contribution < 1.29 is 89.2 Å². The van der Waals surface area contributed by atoms with Crippen molar-refractivity contribution in [2.45, 2.75) is 140 Å². The van der Waals surface area contributed by atoms with E-state index in [4.69, 9.17) is 5.73 Å². The van der Waals surface area contributed by atoms with E-state index in [1.54, 1.807) is 0 Å². The number of nitrogens with one attached hydrogen (secondary N) is 1. The summed E-state index contributed by atoms with van der Waals surface area (Å²) in [5.41, 5.74) is -13.9. The van der Waals surface area contributed by atoms with E-state index in [1.165, 1.54) is 5.32 Å². The van der Waals surface area contributed by atoms with Gasteiger partial charge >= 0.3 is 42.5 Å². The first-order valence-corrected chi connectivity index (χ1v) is 12.9. The van der Waals surface area contributed by atoms with Crippen LogP contribution in [0, 0.1) is 11.3 Å². The first-order chi connectivity index (χ1) is 19.5. The molecule has 6 nitrogen and oxygen atoms in total. The average molecular weight is 719 g/mol. The molecule has 0 aromatic heterocycles. The summed E-state index contributed by atoms with van der Waals surface area (Å²) in [6, 6.07) is 0. The lowest BCUT2D eigenvalue weighted by molar-refractivity contribution is -0.465. The molecule has 0 aromatic rings. The van der Waals surface area contributed by atoms with E-state index in [9.17, 15) is 43.9 Å². The Morgan fingerprint density at radius 1 is 0.587 bits per heavy atom. The fraction of sp³-hybridized carbons (Fsp3) is 1.00. The van der Waals surface area contributed by atoms with Gasteiger partial charge in [-0.1, -0.05) is 13.8 Å². The van der Waals surface area contributed by atoms with Crippen LogP contribution in [0.15, 0.2) is 0 Å². The van der Waals surface area contributed by atoms with E-state index in [-0.39, 0.29) is 55.4 Å². The first kappa shape index (κ1) is 42.7. The fourth-order valence-electron chi connectivity index (χ4n) is 3.75. The van der Waals surface area contributed by atoms with E-state index in [2.05, 4.69) is 18.9 Å². The molecule has 0 aromatic carbocycles. The van der Waals surface area contributed by atoms with Crippen LogP contribution in [0.4, 0.5) is 70.2 Å². The number of ether oxygens (including phenoxy) is 4. The highest BCUT2D eigenvalue weighted by molar-refractivity contribution is 5.26. The van der Waals surface area contributed by atoms with E-state index >= 15 is 26.3 Å². The summed E-state index contributed by atoms with van der Waals surface area (Å²) in [4.78, 5) is 0. The van der Waals surface area contributed by atoms with Crippen LogP contribution in [-0.2, 0) is 18.9 Å². The largest absolute Gasteiger partial charge is 0.523 e. The molecule has 46 heavy (non-hydrogen) atoms. The molecule has 1 fully saturated rings. The van der Waals surface area contributed by atoms with Gasteiger partial charge in [0.25, 0.3) is 0 Å². The van der Waals surface area contributed by atoms with Crippen LogP contribution in [0.2, 0.25) is 0 Å². The van der Waals surface area contributed by atoms with Crippen molar-refractivity contribution in [3.63, 3.8) is 0 Å². The Kier molecular flexibility index (Phi) is 10.3. The monoisotopic (exact) mass is 718 g/mol. The van der Waals surface area contributed by atoms with E-state index in [0.29, 0.717) is 0 Å². The highest BCUT2D eigenvalue weighted by atomic mass is 19.4. The Hall–Kier alpha value is -1.36. The van der Waals surface area contributed by atoms with Gasteiger partial charge in [0.05, 0.1) is 5.41 Å². The molecule has 0 bridgehead atoms. The molecule has 0 radical (unpaired) electrons. The van der Waals surface area contributed by atoms with Gasteiger partial charge in [0.2, 0.25) is 5.85 Å². The molecule has 0 amide bonds. The zero-order valence-electron chi connectivity index (χ0n) is 25.8. The lowest BCUT2D eigenvalue weighted by atomic mass is 9.73. The molecule has 22 heteroatoms. The number of nitrogens with two attached hydrogens (primary N) is 1. The van der Waals surface area contributed by atoms with Crippen LogP contribution in [-0.4, -0.2) is 70.9 Å². The number of rotatable bonds is 15. The minimum atomic E-state index is -6.79. The molecular weight excluding hydrogens is 684 g/mol. The molecule has 0 spiro atoms. The second-order valence-corrected chi connectivity index (χ2v) is 12.8. The molecule has 3 N–H and O–H groups in total. The van der Waals surface area contributed by atoms with Crippen molar-refractivity contribution in [3.05, 3.63) is 0 Å². The van der Waals surface area contributed by atoms with Crippen LogP contribution in [0.1, 0.15) is 69.2 Å². The topological polar surface area (TPSA) is 84.9 Å². The molecule has 1 saturated heterocycles. The van der Waals surface area contributed by atoms with Crippen molar-refractivity contribution in [1.29, 1.82) is 0 Å². The third-order valence-electron chi connectivity index (χ3n) is 8.26. The Labute approximate surface area is 252 Å². The number of hydrogen-bond donors (Lipinski definition) is 2. The van der Waals surface area contributed by atoms with E-state index in [1.807, 2.05) is 0 Å². The number of alkyl halides is 16. The lowest BCUT2D eigenvalue weighted by Gasteiger charge is -2.50. The molecular formula is C24H34F16N2O4. The third kappa shape index (κ3) is 6.75. The second kappa shape index (κ2) is 11.1. The van der Waals surface area contributed by atoms with E-state index in [0.717, 1.165) is 13.8 Å². The van der Waals surface area contributed by atoms with Crippen molar-refractivity contribution in [1.82, 2.24) is 5.32 Å². The molecule has 0 aliphatic carbocycles. The smallest absolute Gasteiger partial charge is 0.303 e. The van der Waals surface area contributed by atoms with Crippen LogP contribution in [0.25, 0.3) is 0 Å². The van der Waals surface area contributed by atoms with E-state index < -0.39 is 82.2 Å². The molecule has 1 heterocycles. The van der Waals surface area contributed by atoms with Crippen molar-refractivity contribution in [2.24, 2.45) is 17.1 Å². The van der Waals surface area contributed by atoms with Gasteiger partial charge in [-0.25, -0.2) is 4.39 Å². The summed E-state index contributed by atoms with van der Waals surface area (Å²) in [5, 5.41) is 1.38. The van der Waals surface area contributed by atoms with Crippen LogP contribution in [0.3, 0.4) is 0 Å². The van der Waals surface area contributed by atoms with Crippen molar-refractivity contribution in [2.75, 3.05) is 0 Å². The first-order valence-electron chi connectivity index (χ1n) is 12.9. The lowest BCUT2D eigenvalue weighted by Crippen LogP contribution is -2.72. The van der Waals surface area contributed by atoms with Gasteiger partial charge in [-0.2, -0.15) is 52.7 Å². The van der Waals surface area contributed by atoms with Gasteiger partial charge in [-0.15, -0.1) is 13.2 Å². The summed E-state index contributed by atoms with van der Waals surface area (Å²) in [7, 11) is 0. The minimum Gasteiger partial charge on any atom is -0.303 e. The number of halogens is 16. The maximum Gasteiger partial charge on any atom is 0.523 e. The fourth-order valence-corrected chi connectivity index (χ4v) is 3.75. The highest BCUT2D eigenvalue weighted by Gasteiger charge is 2.87. The molecule has 1 aliphatic rings. The predicted molar refractivity (Wildman–Crippen MR) is 125 cm³/mol. The zero-order valence-corrected chi connectivity index (χ0v) is 25.8. The molecule has 1 rings (SSSR count). The molecule has 0 saturated carbocycles. The highest BCUT2D eigenvalue weighted by Crippen LogP contribution is 2.62. The maximum absolute atomic E-state index is 15.3. The number of hydrogen-bond acceptors (Lipinski definition) is 6. The van der Waals surface area contributed by atoms with Crippen molar-refractivity contribution in [3.8, 4) is 0 Å². The Morgan fingerprint density at radius 3 is 1.37 bits per heavy atom. The Morgan fingerprint density at radius 2 is 1.00 bits per heavy atom. The minimum absolute atomic E-state index is 0.0559. The third-order valence-corrected chi connectivity index (χ3v) is 8.26. The predicted octanol–water partition coefficient (Wildman–Crippen LogP) is 8.16. The summed E-state index contributed by atoms with van der Waals surface area (Å²) in [5.74, 6) is -24.3. The summed E-state index contributed by atoms with van der Waals surface area (Å²) < 4.78 is 245. The average Bonchev–Trinajstić information content (AvgIpc) is 3.30. The zero-order chi connectivity index (χ0) is 37.6. The van der Waals surface area contributed by atoms with Crippen molar-refractivity contribution >= 4 is 0 Å². The van der Waals surface area contributed by atoms with Gasteiger partial charge in [0, 0.05) is 5.92 Å². The molecule has 4 unspecified atom stereocenters. The normalized spacial score (nSPS) is 25.8. The molecule has 4 atom stereocenters. The SMILES string of the molecule is CC(C)C(C)(F)OC(F)(F)C(F)(F)C(F)(F)C(C)(C)C(C)(N)OC(F)(F)C(F)(F)C1(C)NC1(C)OC(F)(F)C(C)(C)OC(F)(F)F. The van der Waals surface area contributed by atoms with Crippen LogP contribution < -0.4 is 11.1 Å². The Balaban J connectivity index is 3.47. The summed E-state index contributed by atoms with van der Waals surface area (Å²) in [6.07, 6.45) is -23.5. The Bertz CT molecular complexity index is 1120. The quantitative estimate of drug-likeness (QED) is 0.101. The van der Waals surface area contributed by atoms with Gasteiger partial charge in [0.15, 0.2) is 5.60 Å². The standard InChI is InChI=1S/C24H34F16N2O4/c1-11(2)14(7,25)44-23(36,37)20(30,31)18(26,27)12(3,4)16(9,41)45-22(34,35)19(28,29)15(8)17(10,42-15)46-21(32,33)13(5,6)43-24(38,39)40/h11,42H,41H2,1-10H3. The van der Waals surface area contributed by atoms with Crippen LogP contribution in [0.5, 0.6) is 0 Å². The molecule has 1 aliphatic heterocycles. The van der Waals surface area contributed by atoms with Gasteiger partial charge in [0.1, 0.15) is 17.0 Å². The summed E-state index contributed by atoms with van der Waals surface area (Å²) >= 11 is 0. The summed E-state index contributed by atoms with van der Waals surface area (Å²) in [6.45, 7) is 1.91.